The van der Waals surface area contributed by atoms with Gasteiger partial charge in [0.15, 0.2) is 0 Å². The zero-order chi connectivity index (χ0) is 23.1. The number of hydrogen-bond donors (Lipinski definition) is 6. The van der Waals surface area contributed by atoms with Gasteiger partial charge in [-0.15, -0.1) is 0 Å². The SMILES string of the molecule is O=C(Cc1ccc(CN2CCNCC2)cc1)N[C@@H](Cc1cccc(C(=O)O)c1O)B(O)O. The molecule has 0 aliphatic carbocycles. The van der Waals surface area contributed by atoms with Crippen LogP contribution in [0.25, 0.3) is 0 Å². The second-order valence-electron chi connectivity index (χ2n) is 7.93. The number of para-hydroxylation sites is 1. The van der Waals surface area contributed by atoms with Crippen LogP contribution in [0.5, 0.6) is 5.75 Å². The fraction of sp³-hybridized carbons (Fsp3) is 0.364. The molecule has 1 fully saturated rings. The van der Waals surface area contributed by atoms with Crippen LogP contribution >= 0.6 is 0 Å². The number of hydrogen-bond acceptors (Lipinski definition) is 7. The molecule has 1 amide bonds. The maximum Gasteiger partial charge on any atom is 0.475 e. The minimum atomic E-state index is -1.88. The van der Waals surface area contributed by atoms with Gasteiger partial charge in [0.1, 0.15) is 11.3 Å². The van der Waals surface area contributed by atoms with Crippen molar-refractivity contribution in [2.75, 3.05) is 26.2 Å². The van der Waals surface area contributed by atoms with E-state index in [1.807, 2.05) is 24.3 Å². The Labute approximate surface area is 186 Å². The van der Waals surface area contributed by atoms with Gasteiger partial charge < -0.3 is 30.9 Å². The highest BCUT2D eigenvalue weighted by Gasteiger charge is 2.27. The molecule has 9 nitrogen and oxygen atoms in total. The van der Waals surface area contributed by atoms with Crippen molar-refractivity contribution >= 4 is 19.0 Å². The lowest BCUT2D eigenvalue weighted by Crippen LogP contribution is -2.48. The van der Waals surface area contributed by atoms with Crippen molar-refractivity contribution in [3.8, 4) is 5.75 Å². The number of amides is 1. The maximum atomic E-state index is 12.5. The number of rotatable bonds is 9. The minimum Gasteiger partial charge on any atom is -0.507 e. The topological polar surface area (TPSA) is 142 Å². The number of piperazine rings is 1. The number of carboxylic acids is 1. The van der Waals surface area contributed by atoms with Crippen molar-refractivity contribution in [2.24, 2.45) is 0 Å². The van der Waals surface area contributed by atoms with Crippen LogP contribution in [-0.4, -0.2) is 76.3 Å². The summed E-state index contributed by atoms with van der Waals surface area (Å²) in [4.78, 5) is 26.0. The predicted octanol–water partition coefficient (Wildman–Crippen LogP) is -0.222. The van der Waals surface area contributed by atoms with Crippen molar-refractivity contribution in [1.29, 1.82) is 0 Å². The van der Waals surface area contributed by atoms with Crippen molar-refractivity contribution < 1.29 is 29.9 Å². The smallest absolute Gasteiger partial charge is 0.475 e. The van der Waals surface area contributed by atoms with Gasteiger partial charge in [-0.1, -0.05) is 36.4 Å². The molecule has 2 aromatic carbocycles. The van der Waals surface area contributed by atoms with Crippen molar-refractivity contribution in [1.82, 2.24) is 15.5 Å². The van der Waals surface area contributed by atoms with Crippen LogP contribution in [0.1, 0.15) is 27.0 Å². The van der Waals surface area contributed by atoms with Crippen molar-refractivity contribution in [3.05, 3.63) is 64.7 Å². The van der Waals surface area contributed by atoms with Gasteiger partial charge in [0.05, 0.1) is 12.4 Å². The molecule has 10 heteroatoms. The van der Waals surface area contributed by atoms with E-state index < -0.39 is 30.7 Å². The number of aromatic carboxylic acids is 1. The van der Waals surface area contributed by atoms with Gasteiger partial charge in [-0.05, 0) is 29.2 Å². The van der Waals surface area contributed by atoms with Crippen LogP contribution in [0.3, 0.4) is 0 Å². The summed E-state index contributed by atoms with van der Waals surface area (Å²) in [6.07, 6.45) is -0.0850. The van der Waals surface area contributed by atoms with E-state index in [0.29, 0.717) is 0 Å². The van der Waals surface area contributed by atoms with Crippen molar-refractivity contribution in [3.63, 3.8) is 0 Å². The Morgan fingerprint density at radius 2 is 1.72 bits per heavy atom. The van der Waals surface area contributed by atoms with Gasteiger partial charge in [0, 0.05) is 32.7 Å². The Bertz CT molecular complexity index is 932. The van der Waals surface area contributed by atoms with Crippen LogP contribution < -0.4 is 10.6 Å². The van der Waals surface area contributed by atoms with Gasteiger partial charge >= 0.3 is 13.1 Å². The molecule has 2 aromatic rings. The van der Waals surface area contributed by atoms with E-state index in [0.717, 1.165) is 43.9 Å². The lowest BCUT2D eigenvalue weighted by molar-refractivity contribution is -0.120. The fourth-order valence-corrected chi connectivity index (χ4v) is 3.73. The van der Waals surface area contributed by atoms with Crippen LogP contribution in [0, 0.1) is 0 Å². The van der Waals surface area contributed by atoms with E-state index in [-0.39, 0.29) is 24.0 Å². The van der Waals surface area contributed by atoms with Gasteiger partial charge in [0.25, 0.3) is 0 Å². The minimum absolute atomic E-state index is 0.0539. The number of nitrogens with one attached hydrogen (secondary N) is 2. The van der Waals surface area contributed by atoms with E-state index in [4.69, 9.17) is 5.11 Å². The molecule has 0 saturated carbocycles. The molecule has 0 radical (unpaired) electrons. The van der Waals surface area contributed by atoms with E-state index in [1.54, 1.807) is 0 Å². The van der Waals surface area contributed by atoms with Gasteiger partial charge in [-0.25, -0.2) is 4.79 Å². The number of carbonyl (C=O) groups excluding carboxylic acids is 1. The molecule has 1 atom stereocenters. The molecule has 6 N–H and O–H groups in total. The molecule has 1 heterocycles. The number of nitrogens with zero attached hydrogens (tertiary/aromatic N) is 1. The standard InChI is InChI=1S/C22H28BN3O6/c27-20(12-15-4-6-16(7-5-15)14-26-10-8-24-9-11-26)25-19(23(31)32)13-17-2-1-3-18(21(17)28)22(29)30/h1-7,19,24,28,31-32H,8-14H2,(H,25,27)(H,29,30)/t19-/m0/s1. The second kappa shape index (κ2) is 11.1. The number of carbonyl (C=O) groups is 2. The van der Waals surface area contributed by atoms with Gasteiger partial charge in [-0.2, -0.15) is 0 Å². The largest absolute Gasteiger partial charge is 0.507 e. The first kappa shape index (κ1) is 23.7. The lowest BCUT2D eigenvalue weighted by Gasteiger charge is -2.27. The quantitative estimate of drug-likeness (QED) is 0.293. The summed E-state index contributed by atoms with van der Waals surface area (Å²) in [5.74, 6) is -3.27. The molecular weight excluding hydrogens is 413 g/mol. The monoisotopic (exact) mass is 441 g/mol. The molecule has 1 saturated heterocycles. The summed E-state index contributed by atoms with van der Waals surface area (Å²) in [5, 5.41) is 44.5. The highest BCUT2D eigenvalue weighted by Crippen LogP contribution is 2.24. The lowest BCUT2D eigenvalue weighted by atomic mass is 9.75. The third-order valence-electron chi connectivity index (χ3n) is 5.50. The molecule has 1 aliphatic rings. The summed E-state index contributed by atoms with van der Waals surface area (Å²) < 4.78 is 0. The van der Waals surface area contributed by atoms with Gasteiger partial charge in [-0.3, -0.25) is 9.69 Å². The average molecular weight is 441 g/mol. The molecule has 0 spiro atoms. The summed E-state index contributed by atoms with van der Waals surface area (Å²) in [6.45, 7) is 4.81. The summed E-state index contributed by atoms with van der Waals surface area (Å²) in [6, 6.07) is 11.9. The molecule has 0 unspecified atom stereocenters. The first-order valence-corrected chi connectivity index (χ1v) is 10.5. The third-order valence-corrected chi connectivity index (χ3v) is 5.50. The average Bonchev–Trinajstić information content (AvgIpc) is 2.76. The summed E-state index contributed by atoms with van der Waals surface area (Å²) in [5.41, 5.74) is 1.85. The molecule has 1 aliphatic heterocycles. The maximum absolute atomic E-state index is 12.5. The number of phenols is 1. The second-order valence-corrected chi connectivity index (χ2v) is 7.93. The molecule has 170 valence electrons. The Morgan fingerprint density at radius 1 is 1.06 bits per heavy atom. The van der Waals surface area contributed by atoms with E-state index >= 15 is 0 Å². The highest BCUT2D eigenvalue weighted by molar-refractivity contribution is 6.43. The first-order chi connectivity index (χ1) is 15.3. The fourth-order valence-electron chi connectivity index (χ4n) is 3.73. The van der Waals surface area contributed by atoms with Crippen LogP contribution in [-0.2, 0) is 24.2 Å². The Kier molecular flexibility index (Phi) is 8.23. The van der Waals surface area contributed by atoms with Gasteiger partial charge in [0.2, 0.25) is 5.91 Å². The predicted molar refractivity (Wildman–Crippen MR) is 119 cm³/mol. The molecule has 0 bridgehead atoms. The van der Waals surface area contributed by atoms with Crippen molar-refractivity contribution in [2.45, 2.75) is 25.3 Å². The molecule has 32 heavy (non-hydrogen) atoms. The third kappa shape index (κ3) is 6.54. The normalized spacial score (nSPS) is 15.2. The van der Waals surface area contributed by atoms with Crippen LogP contribution in [0.15, 0.2) is 42.5 Å². The molecule has 0 aromatic heterocycles. The van der Waals surface area contributed by atoms with E-state index in [9.17, 15) is 24.7 Å². The number of aromatic hydroxyl groups is 1. The zero-order valence-corrected chi connectivity index (χ0v) is 17.7. The highest BCUT2D eigenvalue weighted by atomic mass is 16.4. The summed E-state index contributed by atoms with van der Waals surface area (Å²) >= 11 is 0. The van der Waals surface area contributed by atoms with Crippen LogP contribution in [0.2, 0.25) is 0 Å². The van der Waals surface area contributed by atoms with E-state index in [2.05, 4.69) is 15.5 Å². The number of carboxylic acid groups (broad SMARTS) is 1. The Hall–Kier alpha value is -2.92. The summed E-state index contributed by atoms with van der Waals surface area (Å²) in [7, 11) is -1.88. The Morgan fingerprint density at radius 3 is 2.34 bits per heavy atom. The van der Waals surface area contributed by atoms with Crippen LogP contribution in [0.4, 0.5) is 0 Å². The first-order valence-electron chi connectivity index (χ1n) is 10.5. The number of benzene rings is 2. The zero-order valence-electron chi connectivity index (χ0n) is 17.7. The van der Waals surface area contributed by atoms with E-state index in [1.165, 1.54) is 18.2 Å². The molecule has 3 rings (SSSR count). The Balaban J connectivity index is 1.58. The molecular formula is C22H28BN3O6.